The van der Waals surface area contributed by atoms with Gasteiger partial charge in [0.2, 0.25) is 11.7 Å². The van der Waals surface area contributed by atoms with Crippen LogP contribution in [0, 0.1) is 12.7 Å². The van der Waals surface area contributed by atoms with E-state index >= 15 is 0 Å². The maximum absolute atomic E-state index is 13.0. The average molecular weight is 264 g/mol. The molecule has 1 aromatic heterocycles. The van der Waals surface area contributed by atoms with Crippen LogP contribution in [0.3, 0.4) is 0 Å². The summed E-state index contributed by atoms with van der Waals surface area (Å²) >= 11 is 0. The predicted octanol–water partition coefficient (Wildman–Crippen LogP) is 2.59. The minimum atomic E-state index is -0.853. The summed E-state index contributed by atoms with van der Waals surface area (Å²) in [6, 6.07) is 4.33. The average Bonchev–Trinajstić information content (AvgIpc) is 2.77. The van der Waals surface area contributed by atoms with Crippen molar-refractivity contribution in [2.75, 3.05) is 0 Å². The minimum absolute atomic E-state index is 0.0628. The SMILES string of the molecule is Cc1cc(F)ccc1-c1noc(CCCC(=O)O)n1. The smallest absolute Gasteiger partial charge is 0.303 e. The number of rotatable bonds is 5. The lowest BCUT2D eigenvalue weighted by atomic mass is 10.1. The second kappa shape index (κ2) is 5.60. The Morgan fingerprint density at radius 2 is 2.26 bits per heavy atom. The lowest BCUT2D eigenvalue weighted by Crippen LogP contribution is -1.96. The van der Waals surface area contributed by atoms with Crippen molar-refractivity contribution in [2.24, 2.45) is 0 Å². The van der Waals surface area contributed by atoms with Crippen LogP contribution in [0.4, 0.5) is 4.39 Å². The van der Waals surface area contributed by atoms with Crippen LogP contribution in [-0.2, 0) is 11.2 Å². The molecule has 2 rings (SSSR count). The molecule has 0 saturated heterocycles. The molecule has 19 heavy (non-hydrogen) atoms. The molecular weight excluding hydrogens is 251 g/mol. The number of aryl methyl sites for hydroxylation is 2. The van der Waals surface area contributed by atoms with Gasteiger partial charge in [-0.25, -0.2) is 4.39 Å². The molecule has 100 valence electrons. The Hall–Kier alpha value is -2.24. The van der Waals surface area contributed by atoms with Crippen LogP contribution < -0.4 is 0 Å². The van der Waals surface area contributed by atoms with Gasteiger partial charge in [0.05, 0.1) is 0 Å². The van der Waals surface area contributed by atoms with E-state index in [0.29, 0.717) is 30.1 Å². The molecule has 0 radical (unpaired) electrons. The molecule has 2 aromatic rings. The zero-order chi connectivity index (χ0) is 13.8. The zero-order valence-electron chi connectivity index (χ0n) is 10.4. The molecule has 0 aliphatic carbocycles. The van der Waals surface area contributed by atoms with Gasteiger partial charge >= 0.3 is 5.97 Å². The number of halogens is 1. The van der Waals surface area contributed by atoms with Crippen molar-refractivity contribution in [1.29, 1.82) is 0 Å². The van der Waals surface area contributed by atoms with E-state index in [1.807, 2.05) is 0 Å². The van der Waals surface area contributed by atoms with Gasteiger partial charge in [0.1, 0.15) is 5.82 Å². The van der Waals surface area contributed by atoms with Gasteiger partial charge in [-0.3, -0.25) is 4.79 Å². The third kappa shape index (κ3) is 3.37. The molecule has 0 fully saturated rings. The van der Waals surface area contributed by atoms with Crippen molar-refractivity contribution in [3.05, 3.63) is 35.5 Å². The second-order valence-corrected chi connectivity index (χ2v) is 4.22. The summed E-state index contributed by atoms with van der Waals surface area (Å²) in [6.45, 7) is 1.76. The fourth-order valence-corrected chi connectivity index (χ4v) is 1.73. The maximum atomic E-state index is 13.0. The summed E-state index contributed by atoms with van der Waals surface area (Å²) in [7, 11) is 0. The van der Waals surface area contributed by atoms with Crippen molar-refractivity contribution in [2.45, 2.75) is 26.2 Å². The Morgan fingerprint density at radius 1 is 1.47 bits per heavy atom. The Kier molecular flexibility index (Phi) is 3.89. The van der Waals surface area contributed by atoms with E-state index in [4.69, 9.17) is 9.63 Å². The molecule has 0 amide bonds. The standard InChI is InChI=1S/C13H13FN2O3/c1-8-7-9(14)5-6-10(8)13-15-11(19-16-13)3-2-4-12(17)18/h5-7H,2-4H2,1H3,(H,17,18). The highest BCUT2D eigenvalue weighted by Gasteiger charge is 2.11. The molecule has 0 saturated carbocycles. The van der Waals surface area contributed by atoms with Gasteiger partial charge < -0.3 is 9.63 Å². The number of aromatic nitrogens is 2. The van der Waals surface area contributed by atoms with Crippen molar-refractivity contribution < 1.29 is 18.8 Å². The Balaban J connectivity index is 2.10. The first-order valence-electron chi connectivity index (χ1n) is 5.87. The first-order valence-corrected chi connectivity index (χ1v) is 5.87. The summed E-state index contributed by atoms with van der Waals surface area (Å²) in [6.07, 6.45) is 0.923. The lowest BCUT2D eigenvalue weighted by Gasteiger charge is -1.99. The Labute approximate surface area is 109 Å². The highest BCUT2D eigenvalue weighted by atomic mass is 19.1. The molecule has 5 nitrogen and oxygen atoms in total. The van der Waals surface area contributed by atoms with Gasteiger partial charge in [-0.1, -0.05) is 5.16 Å². The Bertz CT molecular complexity index is 595. The highest BCUT2D eigenvalue weighted by Crippen LogP contribution is 2.21. The summed E-state index contributed by atoms with van der Waals surface area (Å²) in [5, 5.41) is 12.4. The van der Waals surface area contributed by atoms with Crippen LogP contribution in [0.5, 0.6) is 0 Å². The third-order valence-electron chi connectivity index (χ3n) is 2.68. The van der Waals surface area contributed by atoms with Crippen molar-refractivity contribution in [3.8, 4) is 11.4 Å². The van der Waals surface area contributed by atoms with E-state index in [9.17, 15) is 9.18 Å². The number of hydrogen-bond donors (Lipinski definition) is 1. The van der Waals surface area contributed by atoms with Crippen LogP contribution in [0.2, 0.25) is 0 Å². The topological polar surface area (TPSA) is 76.2 Å². The number of hydrogen-bond acceptors (Lipinski definition) is 4. The largest absolute Gasteiger partial charge is 0.481 e. The van der Waals surface area contributed by atoms with Gasteiger partial charge in [-0.2, -0.15) is 4.98 Å². The monoisotopic (exact) mass is 264 g/mol. The maximum Gasteiger partial charge on any atom is 0.303 e. The summed E-state index contributed by atoms with van der Waals surface area (Å²) in [4.78, 5) is 14.6. The molecule has 1 heterocycles. The van der Waals surface area contributed by atoms with Crippen LogP contribution >= 0.6 is 0 Å². The highest BCUT2D eigenvalue weighted by molar-refractivity contribution is 5.66. The third-order valence-corrected chi connectivity index (χ3v) is 2.68. The van der Waals surface area contributed by atoms with E-state index in [-0.39, 0.29) is 12.2 Å². The summed E-state index contributed by atoms with van der Waals surface area (Å²) in [5.74, 6) is -0.386. The van der Waals surface area contributed by atoms with Crippen LogP contribution in [0.15, 0.2) is 22.7 Å². The predicted molar refractivity (Wildman–Crippen MR) is 65.0 cm³/mol. The molecule has 0 bridgehead atoms. The number of carbonyl (C=O) groups is 1. The first-order chi connectivity index (χ1) is 9.06. The second-order valence-electron chi connectivity index (χ2n) is 4.22. The van der Waals surface area contributed by atoms with E-state index in [0.717, 1.165) is 5.56 Å². The van der Waals surface area contributed by atoms with E-state index in [1.54, 1.807) is 13.0 Å². The molecule has 6 heteroatoms. The van der Waals surface area contributed by atoms with Crippen LogP contribution in [0.25, 0.3) is 11.4 Å². The van der Waals surface area contributed by atoms with E-state index in [2.05, 4.69) is 10.1 Å². The van der Waals surface area contributed by atoms with Gasteiger partial charge in [-0.05, 0) is 37.1 Å². The zero-order valence-corrected chi connectivity index (χ0v) is 10.4. The molecule has 0 unspecified atom stereocenters. The van der Waals surface area contributed by atoms with Gasteiger partial charge in [0, 0.05) is 18.4 Å². The van der Waals surface area contributed by atoms with Crippen molar-refractivity contribution in [1.82, 2.24) is 10.1 Å². The van der Waals surface area contributed by atoms with E-state index < -0.39 is 5.97 Å². The van der Waals surface area contributed by atoms with Gasteiger partial charge in [-0.15, -0.1) is 0 Å². The van der Waals surface area contributed by atoms with Crippen molar-refractivity contribution in [3.63, 3.8) is 0 Å². The van der Waals surface area contributed by atoms with E-state index in [1.165, 1.54) is 12.1 Å². The number of nitrogens with zero attached hydrogens (tertiary/aromatic N) is 2. The molecule has 1 aromatic carbocycles. The molecular formula is C13H13FN2O3. The number of carboxylic acid groups (broad SMARTS) is 1. The Morgan fingerprint density at radius 3 is 2.95 bits per heavy atom. The number of benzene rings is 1. The van der Waals surface area contributed by atoms with Crippen LogP contribution in [0.1, 0.15) is 24.3 Å². The normalized spacial score (nSPS) is 10.6. The quantitative estimate of drug-likeness (QED) is 0.898. The fraction of sp³-hybridized carbons (Fsp3) is 0.308. The lowest BCUT2D eigenvalue weighted by molar-refractivity contribution is -0.137. The number of carboxylic acids is 1. The summed E-state index contributed by atoms with van der Waals surface area (Å²) in [5.41, 5.74) is 1.42. The molecule has 1 N–H and O–H groups in total. The first kappa shape index (κ1) is 13.2. The fourth-order valence-electron chi connectivity index (χ4n) is 1.73. The molecule has 0 aliphatic heterocycles. The van der Waals surface area contributed by atoms with Crippen LogP contribution in [-0.4, -0.2) is 21.2 Å². The van der Waals surface area contributed by atoms with Gasteiger partial charge in [0.15, 0.2) is 0 Å². The molecule has 0 spiro atoms. The minimum Gasteiger partial charge on any atom is -0.481 e. The van der Waals surface area contributed by atoms with Gasteiger partial charge in [0.25, 0.3) is 0 Å². The number of aliphatic carboxylic acids is 1. The van der Waals surface area contributed by atoms with Crippen molar-refractivity contribution >= 4 is 5.97 Å². The molecule has 0 atom stereocenters. The summed E-state index contributed by atoms with van der Waals surface area (Å²) < 4.78 is 18.0. The molecule has 0 aliphatic rings.